The molecule has 5 nitrogen and oxygen atoms in total. The van der Waals surface area contributed by atoms with Crippen LogP contribution in [0.5, 0.6) is 0 Å². The third kappa shape index (κ3) is 7.51. The summed E-state index contributed by atoms with van der Waals surface area (Å²) in [6, 6.07) is 5.66. The van der Waals surface area contributed by atoms with Gasteiger partial charge in [-0.15, -0.1) is 0 Å². The van der Waals surface area contributed by atoms with Crippen LogP contribution < -0.4 is 5.32 Å². The number of aryl methyl sites for hydroxylation is 1. The lowest BCUT2D eigenvalue weighted by molar-refractivity contribution is -0.137. The molecular weight excluding hydrogens is 256 g/mol. The summed E-state index contributed by atoms with van der Waals surface area (Å²) in [6.07, 6.45) is 4.44. The van der Waals surface area contributed by atoms with Gasteiger partial charge < -0.3 is 10.4 Å². The first-order valence-corrected chi connectivity index (χ1v) is 6.96. The van der Waals surface area contributed by atoms with Crippen LogP contribution in [0.2, 0.25) is 0 Å². The third-order valence-corrected chi connectivity index (χ3v) is 3.14. The second kappa shape index (κ2) is 9.07. The number of hydrogen-bond acceptors (Lipinski definition) is 3. The van der Waals surface area contributed by atoms with E-state index in [1.165, 1.54) is 0 Å². The SMILES string of the molecule is CC(CCNC(=O)CCc1ccccn1)CCC(=O)O. The minimum atomic E-state index is -0.767. The number of rotatable bonds is 9. The molecule has 0 bridgehead atoms. The number of carboxylic acid groups (broad SMARTS) is 1. The molecule has 1 amide bonds. The van der Waals surface area contributed by atoms with Gasteiger partial charge in [-0.1, -0.05) is 13.0 Å². The molecule has 1 aromatic rings. The Morgan fingerprint density at radius 3 is 2.75 bits per heavy atom. The molecule has 0 saturated heterocycles. The highest BCUT2D eigenvalue weighted by Crippen LogP contribution is 2.09. The molecule has 1 rings (SSSR count). The van der Waals surface area contributed by atoms with E-state index in [1.54, 1.807) is 6.20 Å². The highest BCUT2D eigenvalue weighted by atomic mass is 16.4. The van der Waals surface area contributed by atoms with Crippen molar-refractivity contribution in [1.29, 1.82) is 0 Å². The Bertz CT molecular complexity index is 420. The number of amides is 1. The first-order valence-electron chi connectivity index (χ1n) is 6.96. The number of carbonyl (C=O) groups excluding carboxylic acids is 1. The minimum absolute atomic E-state index is 0.0149. The second-order valence-corrected chi connectivity index (χ2v) is 5.00. The number of carboxylic acids is 1. The van der Waals surface area contributed by atoms with Crippen molar-refractivity contribution in [3.05, 3.63) is 30.1 Å². The van der Waals surface area contributed by atoms with Crippen molar-refractivity contribution in [2.45, 2.75) is 39.0 Å². The average molecular weight is 278 g/mol. The van der Waals surface area contributed by atoms with E-state index in [9.17, 15) is 9.59 Å². The van der Waals surface area contributed by atoms with Crippen molar-refractivity contribution in [3.63, 3.8) is 0 Å². The Kier molecular flexibility index (Phi) is 7.32. The standard InChI is InChI=1S/C15H22N2O3/c1-12(5-8-15(19)20)9-11-17-14(18)7-6-13-4-2-3-10-16-13/h2-4,10,12H,5-9,11H2,1H3,(H,17,18)(H,19,20). The highest BCUT2D eigenvalue weighted by Gasteiger charge is 2.07. The quantitative estimate of drug-likeness (QED) is 0.724. The molecule has 110 valence electrons. The van der Waals surface area contributed by atoms with E-state index in [-0.39, 0.29) is 12.3 Å². The minimum Gasteiger partial charge on any atom is -0.481 e. The Morgan fingerprint density at radius 1 is 1.30 bits per heavy atom. The summed E-state index contributed by atoms with van der Waals surface area (Å²) < 4.78 is 0. The summed E-state index contributed by atoms with van der Waals surface area (Å²) in [7, 11) is 0. The van der Waals surface area contributed by atoms with E-state index in [4.69, 9.17) is 5.11 Å². The highest BCUT2D eigenvalue weighted by molar-refractivity contribution is 5.76. The first-order chi connectivity index (χ1) is 9.58. The normalized spacial score (nSPS) is 11.8. The lowest BCUT2D eigenvalue weighted by Gasteiger charge is -2.10. The Morgan fingerprint density at radius 2 is 2.10 bits per heavy atom. The summed E-state index contributed by atoms with van der Waals surface area (Å²) in [4.78, 5) is 26.2. The van der Waals surface area contributed by atoms with Crippen LogP contribution in [0.15, 0.2) is 24.4 Å². The van der Waals surface area contributed by atoms with E-state index in [0.717, 1.165) is 12.1 Å². The van der Waals surface area contributed by atoms with E-state index in [1.807, 2.05) is 25.1 Å². The summed E-state index contributed by atoms with van der Waals surface area (Å²) in [5, 5.41) is 11.4. The summed E-state index contributed by atoms with van der Waals surface area (Å²) in [6.45, 7) is 2.60. The van der Waals surface area contributed by atoms with Crippen molar-refractivity contribution in [2.24, 2.45) is 5.92 Å². The number of carbonyl (C=O) groups is 2. The van der Waals surface area contributed by atoms with E-state index >= 15 is 0 Å². The molecule has 1 unspecified atom stereocenters. The fourth-order valence-electron chi connectivity index (χ4n) is 1.85. The van der Waals surface area contributed by atoms with Gasteiger partial charge in [-0.2, -0.15) is 0 Å². The number of nitrogens with zero attached hydrogens (tertiary/aromatic N) is 1. The van der Waals surface area contributed by atoms with Gasteiger partial charge in [-0.05, 0) is 37.3 Å². The van der Waals surface area contributed by atoms with Crippen molar-refractivity contribution in [1.82, 2.24) is 10.3 Å². The van der Waals surface area contributed by atoms with E-state index in [0.29, 0.717) is 31.7 Å². The van der Waals surface area contributed by atoms with Crippen LogP contribution in [0.4, 0.5) is 0 Å². The van der Waals surface area contributed by atoms with Gasteiger partial charge in [0, 0.05) is 31.3 Å². The molecule has 5 heteroatoms. The number of aromatic nitrogens is 1. The fraction of sp³-hybridized carbons (Fsp3) is 0.533. The van der Waals surface area contributed by atoms with Gasteiger partial charge in [-0.25, -0.2) is 0 Å². The lowest BCUT2D eigenvalue weighted by atomic mass is 10.0. The van der Waals surface area contributed by atoms with Crippen LogP contribution in [0.25, 0.3) is 0 Å². The van der Waals surface area contributed by atoms with Gasteiger partial charge in [0.15, 0.2) is 0 Å². The second-order valence-electron chi connectivity index (χ2n) is 5.00. The number of nitrogens with one attached hydrogen (secondary N) is 1. The summed E-state index contributed by atoms with van der Waals surface area (Å²) in [5.74, 6) is -0.445. The zero-order chi connectivity index (χ0) is 14.8. The van der Waals surface area contributed by atoms with Crippen LogP contribution in [0.1, 0.15) is 38.3 Å². The number of pyridine rings is 1. The third-order valence-electron chi connectivity index (χ3n) is 3.14. The van der Waals surface area contributed by atoms with Crippen molar-refractivity contribution in [2.75, 3.05) is 6.54 Å². The van der Waals surface area contributed by atoms with E-state index < -0.39 is 5.97 Å². The molecule has 0 aromatic carbocycles. The van der Waals surface area contributed by atoms with Gasteiger partial charge in [-0.3, -0.25) is 14.6 Å². The molecule has 2 N–H and O–H groups in total. The number of hydrogen-bond donors (Lipinski definition) is 2. The summed E-state index contributed by atoms with van der Waals surface area (Å²) in [5.41, 5.74) is 0.914. The molecule has 0 saturated carbocycles. The molecule has 0 fully saturated rings. The predicted octanol–water partition coefficient (Wildman–Crippen LogP) is 2.02. The fourth-order valence-corrected chi connectivity index (χ4v) is 1.85. The summed E-state index contributed by atoms with van der Waals surface area (Å²) >= 11 is 0. The van der Waals surface area contributed by atoms with Crippen LogP contribution in [-0.2, 0) is 16.0 Å². The largest absolute Gasteiger partial charge is 0.481 e. The molecule has 20 heavy (non-hydrogen) atoms. The first kappa shape index (κ1) is 16.1. The lowest BCUT2D eigenvalue weighted by Crippen LogP contribution is -2.26. The van der Waals surface area contributed by atoms with Crippen molar-refractivity contribution >= 4 is 11.9 Å². The van der Waals surface area contributed by atoms with Crippen LogP contribution in [-0.4, -0.2) is 28.5 Å². The van der Waals surface area contributed by atoms with Gasteiger partial charge in [0.1, 0.15) is 0 Å². The van der Waals surface area contributed by atoms with E-state index in [2.05, 4.69) is 10.3 Å². The average Bonchev–Trinajstić information content (AvgIpc) is 2.44. The van der Waals surface area contributed by atoms with Crippen LogP contribution in [0, 0.1) is 5.92 Å². The van der Waals surface area contributed by atoms with Crippen molar-refractivity contribution < 1.29 is 14.7 Å². The Labute approximate surface area is 119 Å². The molecule has 0 aliphatic rings. The monoisotopic (exact) mass is 278 g/mol. The molecular formula is C15H22N2O3. The zero-order valence-electron chi connectivity index (χ0n) is 11.8. The van der Waals surface area contributed by atoms with Gasteiger partial charge in [0.05, 0.1) is 0 Å². The topological polar surface area (TPSA) is 79.3 Å². The van der Waals surface area contributed by atoms with Crippen LogP contribution >= 0.6 is 0 Å². The van der Waals surface area contributed by atoms with Gasteiger partial charge in [0.2, 0.25) is 5.91 Å². The zero-order valence-corrected chi connectivity index (χ0v) is 11.8. The maximum Gasteiger partial charge on any atom is 0.303 e. The molecule has 1 aromatic heterocycles. The molecule has 0 aliphatic carbocycles. The van der Waals surface area contributed by atoms with Gasteiger partial charge in [0.25, 0.3) is 0 Å². The maximum atomic E-state index is 11.6. The molecule has 0 spiro atoms. The molecule has 0 radical (unpaired) electrons. The molecule has 1 heterocycles. The molecule has 1 atom stereocenters. The Balaban J connectivity index is 2.09. The molecule has 0 aliphatic heterocycles. The number of aliphatic carboxylic acids is 1. The smallest absolute Gasteiger partial charge is 0.303 e. The maximum absolute atomic E-state index is 11.6. The van der Waals surface area contributed by atoms with Crippen molar-refractivity contribution in [3.8, 4) is 0 Å². The van der Waals surface area contributed by atoms with Crippen LogP contribution in [0.3, 0.4) is 0 Å². The Hall–Kier alpha value is -1.91. The predicted molar refractivity (Wildman–Crippen MR) is 76.2 cm³/mol. The van der Waals surface area contributed by atoms with Gasteiger partial charge >= 0.3 is 5.97 Å².